The fourth-order valence-electron chi connectivity index (χ4n) is 1.26. The van der Waals surface area contributed by atoms with Crippen LogP contribution < -0.4 is 16.6 Å². The Morgan fingerprint density at radius 1 is 1.44 bits per heavy atom. The molecule has 1 aromatic carbocycles. The molecule has 0 unspecified atom stereocenters. The standard InChI is InChI=1S/C10H13Br2N3O/c1-2-3-14-9-7(10(16)15-13)4-6(11)5-8(9)12/h4-5,14H,2-3,13H2,1H3,(H,15,16). The molecule has 0 saturated heterocycles. The number of halogens is 2. The number of carbonyl (C=O) groups excluding carboxylic acids is 1. The smallest absolute Gasteiger partial charge is 0.267 e. The molecule has 4 nitrogen and oxygen atoms in total. The second kappa shape index (κ2) is 6.22. The summed E-state index contributed by atoms with van der Waals surface area (Å²) >= 11 is 6.75. The molecule has 4 N–H and O–H groups in total. The molecule has 0 aliphatic carbocycles. The molecule has 0 heterocycles. The number of hydrogen-bond acceptors (Lipinski definition) is 3. The van der Waals surface area contributed by atoms with Crippen LogP contribution in [0.4, 0.5) is 5.69 Å². The highest BCUT2D eigenvalue weighted by Gasteiger charge is 2.14. The minimum atomic E-state index is -0.319. The van der Waals surface area contributed by atoms with Gasteiger partial charge in [0.1, 0.15) is 0 Å². The van der Waals surface area contributed by atoms with Crippen LogP contribution >= 0.6 is 31.9 Å². The van der Waals surface area contributed by atoms with Crippen LogP contribution in [0.1, 0.15) is 23.7 Å². The van der Waals surface area contributed by atoms with Crippen molar-refractivity contribution in [3.05, 3.63) is 26.6 Å². The number of nitrogens with two attached hydrogens (primary N) is 1. The van der Waals surface area contributed by atoms with Gasteiger partial charge in [-0.15, -0.1) is 0 Å². The average molecular weight is 351 g/mol. The molecule has 1 amide bonds. The van der Waals surface area contributed by atoms with Crippen LogP contribution in [0.2, 0.25) is 0 Å². The maximum atomic E-state index is 11.6. The van der Waals surface area contributed by atoms with E-state index in [1.165, 1.54) is 0 Å². The topological polar surface area (TPSA) is 67.2 Å². The van der Waals surface area contributed by atoms with Gasteiger partial charge in [-0.2, -0.15) is 0 Å². The number of hydrogen-bond donors (Lipinski definition) is 3. The Morgan fingerprint density at radius 3 is 2.69 bits per heavy atom. The van der Waals surface area contributed by atoms with Gasteiger partial charge in [-0.1, -0.05) is 22.9 Å². The molecule has 0 spiro atoms. The second-order valence-electron chi connectivity index (χ2n) is 3.21. The van der Waals surface area contributed by atoms with E-state index in [1.54, 1.807) is 6.07 Å². The second-order valence-corrected chi connectivity index (χ2v) is 4.98. The molecule has 0 fully saturated rings. The predicted molar refractivity (Wildman–Crippen MR) is 72.3 cm³/mol. The number of carbonyl (C=O) groups is 1. The van der Waals surface area contributed by atoms with Crippen LogP contribution in [-0.4, -0.2) is 12.5 Å². The first-order valence-corrected chi connectivity index (χ1v) is 6.42. The van der Waals surface area contributed by atoms with Crippen molar-refractivity contribution in [2.45, 2.75) is 13.3 Å². The Kier molecular flexibility index (Phi) is 5.24. The zero-order valence-corrected chi connectivity index (χ0v) is 12.0. The van der Waals surface area contributed by atoms with Crippen LogP contribution in [0, 0.1) is 0 Å². The molecule has 16 heavy (non-hydrogen) atoms. The molecule has 0 radical (unpaired) electrons. The van der Waals surface area contributed by atoms with E-state index in [1.807, 2.05) is 6.07 Å². The first kappa shape index (κ1) is 13.5. The van der Waals surface area contributed by atoms with E-state index in [0.717, 1.165) is 27.6 Å². The van der Waals surface area contributed by atoms with Crippen molar-refractivity contribution in [3.8, 4) is 0 Å². The molecular weight excluding hydrogens is 338 g/mol. The number of anilines is 1. The zero-order chi connectivity index (χ0) is 12.1. The highest BCUT2D eigenvalue weighted by atomic mass is 79.9. The molecule has 1 aromatic rings. The molecule has 88 valence electrons. The van der Waals surface area contributed by atoms with Crippen molar-refractivity contribution in [1.29, 1.82) is 0 Å². The van der Waals surface area contributed by atoms with Gasteiger partial charge in [-0.25, -0.2) is 5.84 Å². The molecule has 0 atom stereocenters. The van der Waals surface area contributed by atoms with Crippen LogP contribution in [0.3, 0.4) is 0 Å². The Hall–Kier alpha value is -0.590. The summed E-state index contributed by atoms with van der Waals surface area (Å²) in [5.74, 6) is 4.82. The quantitative estimate of drug-likeness (QED) is 0.444. The van der Waals surface area contributed by atoms with Crippen LogP contribution in [0.25, 0.3) is 0 Å². The summed E-state index contributed by atoms with van der Waals surface area (Å²) in [5.41, 5.74) is 3.40. The Balaban J connectivity index is 3.15. The average Bonchev–Trinajstić information content (AvgIpc) is 2.26. The van der Waals surface area contributed by atoms with Gasteiger partial charge in [0.25, 0.3) is 5.91 Å². The maximum absolute atomic E-state index is 11.6. The van der Waals surface area contributed by atoms with E-state index >= 15 is 0 Å². The number of rotatable bonds is 4. The lowest BCUT2D eigenvalue weighted by Gasteiger charge is -2.13. The van der Waals surface area contributed by atoms with Crippen molar-refractivity contribution in [3.63, 3.8) is 0 Å². The highest BCUT2D eigenvalue weighted by molar-refractivity contribution is 9.11. The third-order valence-electron chi connectivity index (χ3n) is 1.98. The van der Waals surface area contributed by atoms with E-state index in [4.69, 9.17) is 5.84 Å². The van der Waals surface area contributed by atoms with Crippen molar-refractivity contribution in [2.24, 2.45) is 5.84 Å². The Bertz CT molecular complexity index is 396. The van der Waals surface area contributed by atoms with E-state index < -0.39 is 0 Å². The maximum Gasteiger partial charge on any atom is 0.267 e. The van der Waals surface area contributed by atoms with Gasteiger partial charge in [0, 0.05) is 15.5 Å². The van der Waals surface area contributed by atoms with Gasteiger partial charge in [0.15, 0.2) is 0 Å². The third kappa shape index (κ3) is 3.20. The lowest BCUT2D eigenvalue weighted by atomic mass is 10.1. The Morgan fingerprint density at radius 2 is 2.12 bits per heavy atom. The zero-order valence-electron chi connectivity index (χ0n) is 8.81. The highest BCUT2D eigenvalue weighted by Crippen LogP contribution is 2.30. The van der Waals surface area contributed by atoms with Crippen molar-refractivity contribution >= 4 is 43.5 Å². The summed E-state index contributed by atoms with van der Waals surface area (Å²) < 4.78 is 1.65. The number of hydrazine groups is 1. The van der Waals surface area contributed by atoms with Crippen LogP contribution in [-0.2, 0) is 0 Å². The number of benzene rings is 1. The van der Waals surface area contributed by atoms with Crippen molar-refractivity contribution < 1.29 is 4.79 Å². The van der Waals surface area contributed by atoms with E-state index in [-0.39, 0.29) is 5.91 Å². The largest absolute Gasteiger partial charge is 0.383 e. The third-order valence-corrected chi connectivity index (χ3v) is 3.07. The van der Waals surface area contributed by atoms with E-state index in [2.05, 4.69) is 49.5 Å². The summed E-state index contributed by atoms with van der Waals surface area (Å²) in [7, 11) is 0. The van der Waals surface area contributed by atoms with E-state index in [0.29, 0.717) is 5.56 Å². The number of nitrogens with one attached hydrogen (secondary N) is 2. The van der Waals surface area contributed by atoms with Crippen molar-refractivity contribution in [1.82, 2.24) is 5.43 Å². The molecule has 0 aromatic heterocycles. The molecular formula is C10H13Br2N3O. The van der Waals surface area contributed by atoms with Gasteiger partial charge < -0.3 is 5.32 Å². The van der Waals surface area contributed by atoms with Crippen LogP contribution in [0.15, 0.2) is 21.1 Å². The number of amides is 1. The lowest BCUT2D eigenvalue weighted by molar-refractivity contribution is 0.0954. The van der Waals surface area contributed by atoms with E-state index in [9.17, 15) is 4.79 Å². The summed E-state index contributed by atoms with van der Waals surface area (Å²) in [4.78, 5) is 11.6. The first-order valence-electron chi connectivity index (χ1n) is 4.84. The fourth-order valence-corrected chi connectivity index (χ4v) is 2.63. The van der Waals surface area contributed by atoms with Gasteiger partial charge in [-0.3, -0.25) is 10.2 Å². The lowest BCUT2D eigenvalue weighted by Crippen LogP contribution is -2.30. The summed E-state index contributed by atoms with van der Waals surface area (Å²) in [6, 6.07) is 3.61. The number of nitrogen functional groups attached to an aromatic ring is 1. The van der Waals surface area contributed by atoms with Crippen LogP contribution in [0.5, 0.6) is 0 Å². The van der Waals surface area contributed by atoms with Crippen molar-refractivity contribution in [2.75, 3.05) is 11.9 Å². The van der Waals surface area contributed by atoms with Gasteiger partial charge in [-0.05, 0) is 34.5 Å². The predicted octanol–water partition coefficient (Wildman–Crippen LogP) is 2.64. The molecule has 0 bridgehead atoms. The fraction of sp³-hybridized carbons (Fsp3) is 0.300. The monoisotopic (exact) mass is 349 g/mol. The van der Waals surface area contributed by atoms with Gasteiger partial charge >= 0.3 is 0 Å². The summed E-state index contributed by atoms with van der Waals surface area (Å²) in [6.45, 7) is 2.85. The minimum Gasteiger partial charge on any atom is -0.383 e. The first-order chi connectivity index (χ1) is 7.60. The van der Waals surface area contributed by atoms with Gasteiger partial charge in [0.05, 0.1) is 11.3 Å². The molecule has 0 aliphatic heterocycles. The van der Waals surface area contributed by atoms with Gasteiger partial charge in [0.2, 0.25) is 0 Å². The molecule has 0 saturated carbocycles. The Labute approximate surface area is 111 Å². The normalized spacial score (nSPS) is 10.0. The molecule has 6 heteroatoms. The minimum absolute atomic E-state index is 0.319. The molecule has 0 aliphatic rings. The molecule has 1 rings (SSSR count). The SMILES string of the molecule is CCCNc1c(Br)cc(Br)cc1C(=O)NN. The summed E-state index contributed by atoms with van der Waals surface area (Å²) in [6.07, 6.45) is 0.978. The summed E-state index contributed by atoms with van der Waals surface area (Å²) in [5, 5.41) is 3.19.